The van der Waals surface area contributed by atoms with E-state index in [4.69, 9.17) is 9.47 Å². The number of benzene rings is 1. The van der Waals surface area contributed by atoms with Crippen LogP contribution in [-0.2, 0) is 4.79 Å². The minimum absolute atomic E-state index is 0.0792. The summed E-state index contributed by atoms with van der Waals surface area (Å²) in [4.78, 5) is 15.7. The summed E-state index contributed by atoms with van der Waals surface area (Å²) in [5, 5.41) is 2.73. The highest BCUT2D eigenvalue weighted by molar-refractivity contribution is 9.10. The molecule has 20 heavy (non-hydrogen) atoms. The third-order valence-corrected chi connectivity index (χ3v) is 2.86. The molecule has 0 atom stereocenters. The number of amides is 1. The molecular formula is C14H13BrN2O3. The Labute approximate surface area is 125 Å². The number of halogens is 1. The normalized spacial score (nSPS) is 9.90. The van der Waals surface area contributed by atoms with E-state index in [1.165, 1.54) is 0 Å². The molecule has 104 valence electrons. The first-order valence-corrected chi connectivity index (χ1v) is 6.64. The van der Waals surface area contributed by atoms with Crippen molar-refractivity contribution in [1.29, 1.82) is 0 Å². The molecule has 1 aromatic carbocycles. The summed E-state index contributed by atoms with van der Waals surface area (Å²) in [5.41, 5.74) is 0.687. The zero-order valence-corrected chi connectivity index (χ0v) is 12.4. The molecule has 1 amide bonds. The van der Waals surface area contributed by atoms with Gasteiger partial charge in [0, 0.05) is 16.4 Å². The van der Waals surface area contributed by atoms with Crippen molar-refractivity contribution in [3.8, 4) is 11.5 Å². The number of nitrogens with one attached hydrogen (secondary N) is 1. The third kappa shape index (κ3) is 4.24. The highest BCUT2D eigenvalue weighted by Crippen LogP contribution is 2.17. The van der Waals surface area contributed by atoms with Gasteiger partial charge in [0.05, 0.1) is 13.3 Å². The lowest BCUT2D eigenvalue weighted by Crippen LogP contribution is -2.20. The van der Waals surface area contributed by atoms with Crippen LogP contribution in [0.3, 0.4) is 0 Å². The highest BCUT2D eigenvalue weighted by atomic mass is 79.9. The van der Waals surface area contributed by atoms with E-state index >= 15 is 0 Å². The molecule has 0 radical (unpaired) electrons. The summed E-state index contributed by atoms with van der Waals surface area (Å²) in [5.74, 6) is 1.03. The van der Waals surface area contributed by atoms with Crippen molar-refractivity contribution < 1.29 is 14.3 Å². The zero-order valence-electron chi connectivity index (χ0n) is 10.8. The van der Waals surface area contributed by atoms with Crippen LogP contribution in [0, 0.1) is 0 Å². The number of hydrogen-bond acceptors (Lipinski definition) is 4. The summed E-state index contributed by atoms with van der Waals surface area (Å²) >= 11 is 3.28. The molecule has 0 aliphatic carbocycles. The lowest BCUT2D eigenvalue weighted by molar-refractivity contribution is -0.118. The van der Waals surface area contributed by atoms with Crippen molar-refractivity contribution in [2.75, 3.05) is 19.0 Å². The average molecular weight is 337 g/mol. The number of rotatable bonds is 5. The van der Waals surface area contributed by atoms with Crippen LogP contribution in [-0.4, -0.2) is 24.6 Å². The number of anilines is 1. The lowest BCUT2D eigenvalue weighted by Gasteiger charge is -2.08. The molecule has 0 aliphatic heterocycles. The summed E-state index contributed by atoms with van der Waals surface area (Å²) in [7, 11) is 1.59. The summed E-state index contributed by atoms with van der Waals surface area (Å²) in [6.45, 7) is -0.0792. The van der Waals surface area contributed by atoms with Gasteiger partial charge in [-0.2, -0.15) is 0 Å². The van der Waals surface area contributed by atoms with E-state index in [0.29, 0.717) is 11.4 Å². The maximum absolute atomic E-state index is 11.7. The first-order chi connectivity index (χ1) is 9.67. The fourth-order valence-electron chi connectivity index (χ4n) is 1.49. The van der Waals surface area contributed by atoms with Gasteiger partial charge in [0.15, 0.2) is 6.61 Å². The summed E-state index contributed by atoms with van der Waals surface area (Å²) in [6, 6.07) is 8.81. The van der Waals surface area contributed by atoms with Crippen LogP contribution in [0.25, 0.3) is 0 Å². The van der Waals surface area contributed by atoms with Gasteiger partial charge >= 0.3 is 0 Å². The maximum Gasteiger partial charge on any atom is 0.262 e. The molecule has 0 fully saturated rings. The van der Waals surface area contributed by atoms with Gasteiger partial charge in [-0.3, -0.25) is 9.78 Å². The SMILES string of the molecule is COc1ccc(NC(=O)COc2cncc(Br)c2)cc1. The Balaban J connectivity index is 1.85. The standard InChI is InChI=1S/C14H13BrN2O3/c1-19-12-4-2-11(3-5-12)17-14(18)9-20-13-6-10(15)7-16-8-13/h2-8H,9H2,1H3,(H,17,18). The topological polar surface area (TPSA) is 60.5 Å². The largest absolute Gasteiger partial charge is 0.497 e. The Morgan fingerprint density at radius 1 is 1.25 bits per heavy atom. The smallest absolute Gasteiger partial charge is 0.262 e. The molecule has 2 aromatic rings. The lowest BCUT2D eigenvalue weighted by atomic mass is 10.3. The fraction of sp³-hybridized carbons (Fsp3) is 0.143. The van der Waals surface area contributed by atoms with Crippen LogP contribution in [0.15, 0.2) is 47.2 Å². The molecule has 1 aromatic heterocycles. The van der Waals surface area contributed by atoms with E-state index in [2.05, 4.69) is 26.2 Å². The average Bonchev–Trinajstić information content (AvgIpc) is 2.46. The molecule has 2 rings (SSSR count). The van der Waals surface area contributed by atoms with Gasteiger partial charge in [0.25, 0.3) is 5.91 Å². The molecule has 6 heteroatoms. The number of carbonyl (C=O) groups excluding carboxylic acids is 1. The molecule has 0 unspecified atom stereocenters. The van der Waals surface area contributed by atoms with Gasteiger partial charge in [0.1, 0.15) is 11.5 Å². The Morgan fingerprint density at radius 3 is 2.65 bits per heavy atom. The number of carbonyl (C=O) groups is 1. The van der Waals surface area contributed by atoms with Crippen LogP contribution >= 0.6 is 15.9 Å². The van der Waals surface area contributed by atoms with E-state index in [1.54, 1.807) is 49.8 Å². The maximum atomic E-state index is 11.7. The Hall–Kier alpha value is -2.08. The van der Waals surface area contributed by atoms with E-state index in [9.17, 15) is 4.79 Å². The van der Waals surface area contributed by atoms with Crippen LogP contribution in [0.2, 0.25) is 0 Å². The van der Waals surface area contributed by atoms with E-state index in [0.717, 1.165) is 10.2 Å². The Bertz CT molecular complexity index is 587. The second kappa shape index (κ2) is 6.91. The van der Waals surface area contributed by atoms with Crippen molar-refractivity contribution in [2.24, 2.45) is 0 Å². The van der Waals surface area contributed by atoms with E-state index in [1.807, 2.05) is 0 Å². The minimum atomic E-state index is -0.241. The molecule has 0 saturated heterocycles. The predicted molar refractivity (Wildman–Crippen MR) is 79.1 cm³/mol. The number of methoxy groups -OCH3 is 1. The van der Waals surface area contributed by atoms with Gasteiger partial charge < -0.3 is 14.8 Å². The van der Waals surface area contributed by atoms with Crippen LogP contribution in [0.1, 0.15) is 0 Å². The van der Waals surface area contributed by atoms with Crippen molar-refractivity contribution in [3.63, 3.8) is 0 Å². The molecule has 0 spiro atoms. The second-order valence-corrected chi connectivity index (χ2v) is 4.82. The quantitative estimate of drug-likeness (QED) is 0.911. The van der Waals surface area contributed by atoms with Crippen molar-refractivity contribution in [3.05, 3.63) is 47.2 Å². The van der Waals surface area contributed by atoms with Crippen LogP contribution < -0.4 is 14.8 Å². The predicted octanol–water partition coefficient (Wildman–Crippen LogP) is 2.87. The van der Waals surface area contributed by atoms with Crippen molar-refractivity contribution >= 4 is 27.5 Å². The van der Waals surface area contributed by atoms with Crippen molar-refractivity contribution in [2.45, 2.75) is 0 Å². The van der Waals surface area contributed by atoms with Crippen LogP contribution in [0.4, 0.5) is 5.69 Å². The number of nitrogens with zero attached hydrogens (tertiary/aromatic N) is 1. The molecule has 5 nitrogen and oxygen atoms in total. The summed E-state index contributed by atoms with van der Waals surface area (Å²) in [6.07, 6.45) is 3.19. The molecule has 0 aliphatic rings. The first-order valence-electron chi connectivity index (χ1n) is 5.84. The van der Waals surface area contributed by atoms with Crippen LogP contribution in [0.5, 0.6) is 11.5 Å². The Morgan fingerprint density at radius 2 is 2.00 bits per heavy atom. The highest BCUT2D eigenvalue weighted by Gasteiger charge is 2.04. The third-order valence-electron chi connectivity index (χ3n) is 2.42. The monoisotopic (exact) mass is 336 g/mol. The molecule has 1 heterocycles. The number of aromatic nitrogens is 1. The van der Waals surface area contributed by atoms with Gasteiger partial charge in [-0.1, -0.05) is 0 Å². The first kappa shape index (κ1) is 14.3. The Kier molecular flexibility index (Phi) is 4.95. The van der Waals surface area contributed by atoms with E-state index in [-0.39, 0.29) is 12.5 Å². The number of pyridine rings is 1. The van der Waals surface area contributed by atoms with Gasteiger partial charge in [-0.25, -0.2) is 0 Å². The van der Waals surface area contributed by atoms with Crippen molar-refractivity contribution in [1.82, 2.24) is 4.98 Å². The molecule has 1 N–H and O–H groups in total. The van der Waals surface area contributed by atoms with Gasteiger partial charge in [-0.15, -0.1) is 0 Å². The van der Waals surface area contributed by atoms with Gasteiger partial charge in [-0.05, 0) is 46.3 Å². The number of hydrogen-bond donors (Lipinski definition) is 1. The minimum Gasteiger partial charge on any atom is -0.497 e. The number of ether oxygens (including phenoxy) is 2. The fourth-order valence-corrected chi connectivity index (χ4v) is 1.84. The zero-order chi connectivity index (χ0) is 14.4. The molecule has 0 saturated carbocycles. The molecular weight excluding hydrogens is 324 g/mol. The molecule has 0 bridgehead atoms. The van der Waals surface area contributed by atoms with E-state index < -0.39 is 0 Å². The summed E-state index contributed by atoms with van der Waals surface area (Å²) < 4.78 is 11.2. The van der Waals surface area contributed by atoms with Gasteiger partial charge in [0.2, 0.25) is 0 Å². The second-order valence-electron chi connectivity index (χ2n) is 3.90.